The third kappa shape index (κ3) is 7.12. The molecular weight excluding hydrogens is 368 g/mol. The molecule has 0 spiro atoms. The largest absolute Gasteiger partial charge is 0.497 e. The highest BCUT2D eigenvalue weighted by Gasteiger charge is 2.37. The molecule has 0 aliphatic carbocycles. The lowest BCUT2D eigenvalue weighted by molar-refractivity contribution is -0.159. The molecule has 2 aromatic rings. The molecule has 1 fully saturated rings. The number of hydrogen-bond donors (Lipinski definition) is 0. The molecule has 29 heavy (non-hydrogen) atoms. The van der Waals surface area contributed by atoms with Crippen LogP contribution in [0.15, 0.2) is 54.6 Å². The fourth-order valence-corrected chi connectivity index (χ4v) is 3.35. The molecule has 1 saturated heterocycles. The van der Waals surface area contributed by atoms with E-state index in [1.165, 1.54) is 0 Å². The minimum absolute atomic E-state index is 0.0263. The maximum absolute atomic E-state index is 6.22. The van der Waals surface area contributed by atoms with Crippen LogP contribution >= 0.6 is 0 Å². The molecule has 5 heteroatoms. The average Bonchev–Trinajstić information content (AvgIpc) is 3.10. The predicted molar refractivity (Wildman–Crippen MR) is 112 cm³/mol. The van der Waals surface area contributed by atoms with E-state index in [1.807, 2.05) is 56.3 Å². The highest BCUT2D eigenvalue weighted by atomic mass is 16.7. The Morgan fingerprint density at radius 1 is 1.00 bits per heavy atom. The Kier molecular flexibility index (Phi) is 8.07. The average molecular weight is 401 g/mol. The number of benzene rings is 2. The normalized spacial score (nSPS) is 19.2. The van der Waals surface area contributed by atoms with Gasteiger partial charge in [-0.15, -0.1) is 0 Å². The Morgan fingerprint density at radius 2 is 1.72 bits per heavy atom. The van der Waals surface area contributed by atoms with Crippen LogP contribution in [0.25, 0.3) is 0 Å². The zero-order valence-corrected chi connectivity index (χ0v) is 17.6. The molecule has 158 valence electrons. The van der Waals surface area contributed by atoms with Gasteiger partial charge in [0.15, 0.2) is 5.79 Å². The fourth-order valence-electron chi connectivity index (χ4n) is 3.35. The van der Waals surface area contributed by atoms with Gasteiger partial charge in [-0.2, -0.15) is 0 Å². The van der Waals surface area contributed by atoms with Crippen LogP contribution in [0.4, 0.5) is 0 Å². The van der Waals surface area contributed by atoms with Crippen LogP contribution in [0.5, 0.6) is 5.75 Å². The summed E-state index contributed by atoms with van der Waals surface area (Å²) in [5, 5.41) is 0. The Morgan fingerprint density at radius 3 is 2.38 bits per heavy atom. The first kappa shape index (κ1) is 21.8. The van der Waals surface area contributed by atoms with Crippen molar-refractivity contribution in [3.63, 3.8) is 0 Å². The van der Waals surface area contributed by atoms with E-state index >= 15 is 0 Å². The first-order chi connectivity index (χ1) is 14.1. The SMILES string of the molecule is COc1ccc(COCCC[C@@H](OCc2ccccc2)[C@@H]2COC(C)(C)O2)cc1. The van der Waals surface area contributed by atoms with Crippen molar-refractivity contribution in [1.82, 2.24) is 0 Å². The number of methoxy groups -OCH3 is 1. The molecular formula is C24H32O5. The van der Waals surface area contributed by atoms with E-state index in [0.29, 0.717) is 26.4 Å². The lowest BCUT2D eigenvalue weighted by Crippen LogP contribution is -2.33. The van der Waals surface area contributed by atoms with Gasteiger partial charge >= 0.3 is 0 Å². The summed E-state index contributed by atoms with van der Waals surface area (Å²) in [7, 11) is 1.67. The highest BCUT2D eigenvalue weighted by molar-refractivity contribution is 5.26. The van der Waals surface area contributed by atoms with Gasteiger partial charge in [0.2, 0.25) is 0 Å². The van der Waals surface area contributed by atoms with Gasteiger partial charge in [0.05, 0.1) is 33.0 Å². The van der Waals surface area contributed by atoms with E-state index in [9.17, 15) is 0 Å². The van der Waals surface area contributed by atoms with Crippen LogP contribution in [-0.2, 0) is 32.2 Å². The van der Waals surface area contributed by atoms with Crippen LogP contribution in [0.3, 0.4) is 0 Å². The number of hydrogen-bond acceptors (Lipinski definition) is 5. The standard InChI is InChI=1S/C24H32O5/c1-24(2)28-18-23(29-24)22(27-17-19-8-5-4-6-9-19)10-7-15-26-16-20-11-13-21(25-3)14-12-20/h4-6,8-9,11-14,22-23H,7,10,15-18H2,1-3H3/t22-,23+/m1/s1. The van der Waals surface area contributed by atoms with Crippen molar-refractivity contribution >= 4 is 0 Å². The number of rotatable bonds is 11. The van der Waals surface area contributed by atoms with Crippen LogP contribution in [-0.4, -0.2) is 38.3 Å². The summed E-state index contributed by atoms with van der Waals surface area (Å²) < 4.78 is 29.0. The third-order valence-corrected chi connectivity index (χ3v) is 4.96. The van der Waals surface area contributed by atoms with Gasteiger partial charge in [-0.05, 0) is 49.9 Å². The van der Waals surface area contributed by atoms with Crippen molar-refractivity contribution in [2.75, 3.05) is 20.3 Å². The van der Waals surface area contributed by atoms with Crippen molar-refractivity contribution in [2.24, 2.45) is 0 Å². The van der Waals surface area contributed by atoms with Crippen LogP contribution in [0.2, 0.25) is 0 Å². The van der Waals surface area contributed by atoms with E-state index in [2.05, 4.69) is 12.1 Å². The van der Waals surface area contributed by atoms with Gasteiger partial charge in [-0.25, -0.2) is 0 Å². The molecule has 0 unspecified atom stereocenters. The van der Waals surface area contributed by atoms with Crippen molar-refractivity contribution in [3.8, 4) is 5.75 Å². The van der Waals surface area contributed by atoms with Crippen LogP contribution < -0.4 is 4.74 Å². The second kappa shape index (κ2) is 10.7. The summed E-state index contributed by atoms with van der Waals surface area (Å²) in [4.78, 5) is 0. The van der Waals surface area contributed by atoms with Crippen molar-refractivity contribution < 1.29 is 23.7 Å². The molecule has 1 heterocycles. The lowest BCUT2D eigenvalue weighted by atomic mass is 10.1. The molecule has 2 aromatic carbocycles. The van der Waals surface area contributed by atoms with Crippen LogP contribution in [0.1, 0.15) is 37.8 Å². The Balaban J connectivity index is 1.44. The summed E-state index contributed by atoms with van der Waals surface area (Å²) in [5.41, 5.74) is 2.29. The van der Waals surface area contributed by atoms with Crippen molar-refractivity contribution in [3.05, 3.63) is 65.7 Å². The minimum atomic E-state index is -0.552. The van der Waals surface area contributed by atoms with Gasteiger partial charge in [0, 0.05) is 6.61 Å². The predicted octanol–water partition coefficient (Wildman–Crippen LogP) is 4.73. The van der Waals surface area contributed by atoms with Crippen molar-refractivity contribution in [1.29, 1.82) is 0 Å². The third-order valence-electron chi connectivity index (χ3n) is 4.96. The summed E-state index contributed by atoms with van der Waals surface area (Å²) in [6, 6.07) is 18.2. The Hall–Kier alpha value is -1.92. The maximum Gasteiger partial charge on any atom is 0.163 e. The van der Waals surface area contributed by atoms with E-state index in [-0.39, 0.29) is 12.2 Å². The quantitative estimate of drug-likeness (QED) is 0.510. The molecule has 0 N–H and O–H groups in total. The second-order valence-corrected chi connectivity index (χ2v) is 7.75. The summed E-state index contributed by atoms with van der Waals surface area (Å²) in [6.07, 6.45) is 1.67. The smallest absolute Gasteiger partial charge is 0.163 e. The molecule has 0 amide bonds. The van der Waals surface area contributed by atoms with Crippen molar-refractivity contribution in [2.45, 2.75) is 57.9 Å². The van der Waals surface area contributed by atoms with Crippen LogP contribution in [0, 0.1) is 0 Å². The lowest BCUT2D eigenvalue weighted by Gasteiger charge is -2.24. The van der Waals surface area contributed by atoms with Gasteiger partial charge in [0.1, 0.15) is 11.9 Å². The topological polar surface area (TPSA) is 46.2 Å². The van der Waals surface area contributed by atoms with E-state index in [0.717, 1.165) is 29.7 Å². The number of ether oxygens (including phenoxy) is 5. The Labute approximate surface area is 173 Å². The zero-order chi connectivity index (χ0) is 20.5. The van der Waals surface area contributed by atoms with Gasteiger partial charge in [-0.1, -0.05) is 42.5 Å². The summed E-state index contributed by atoms with van der Waals surface area (Å²) in [5.74, 6) is 0.304. The first-order valence-corrected chi connectivity index (χ1v) is 10.2. The van der Waals surface area contributed by atoms with Gasteiger partial charge < -0.3 is 23.7 Å². The maximum atomic E-state index is 6.22. The molecule has 0 saturated carbocycles. The highest BCUT2D eigenvalue weighted by Crippen LogP contribution is 2.27. The summed E-state index contributed by atoms with van der Waals surface area (Å²) in [6.45, 7) is 6.28. The molecule has 5 nitrogen and oxygen atoms in total. The van der Waals surface area contributed by atoms with Gasteiger partial charge in [0.25, 0.3) is 0 Å². The fraction of sp³-hybridized carbons (Fsp3) is 0.500. The van der Waals surface area contributed by atoms with E-state index < -0.39 is 5.79 Å². The Bertz CT molecular complexity index is 714. The minimum Gasteiger partial charge on any atom is -0.497 e. The molecule has 1 aliphatic heterocycles. The monoisotopic (exact) mass is 400 g/mol. The van der Waals surface area contributed by atoms with E-state index in [1.54, 1.807) is 7.11 Å². The molecule has 2 atom stereocenters. The molecule has 0 aromatic heterocycles. The molecule has 0 radical (unpaired) electrons. The molecule has 0 bridgehead atoms. The van der Waals surface area contributed by atoms with E-state index in [4.69, 9.17) is 23.7 Å². The first-order valence-electron chi connectivity index (χ1n) is 10.2. The van der Waals surface area contributed by atoms with Gasteiger partial charge in [-0.3, -0.25) is 0 Å². The second-order valence-electron chi connectivity index (χ2n) is 7.75. The zero-order valence-electron chi connectivity index (χ0n) is 17.6. The summed E-state index contributed by atoms with van der Waals surface area (Å²) >= 11 is 0. The molecule has 1 aliphatic rings. The molecule has 3 rings (SSSR count).